The molecule has 0 radical (unpaired) electrons. The topological polar surface area (TPSA) is 80.1 Å². The molecule has 1 aliphatic rings. The van der Waals surface area contributed by atoms with E-state index in [-0.39, 0.29) is 16.5 Å². The largest absolute Gasteiger partial charge is 0.416 e. The molecule has 0 aliphatic carbocycles. The van der Waals surface area contributed by atoms with Gasteiger partial charge in [0.2, 0.25) is 10.0 Å². The highest BCUT2D eigenvalue weighted by Gasteiger charge is 2.32. The normalized spacial score (nSPS) is 16.8. The van der Waals surface area contributed by atoms with Crippen LogP contribution in [0.4, 0.5) is 18.9 Å². The van der Waals surface area contributed by atoms with Gasteiger partial charge in [-0.25, -0.2) is 8.42 Å². The lowest BCUT2D eigenvalue weighted by atomic mass is 10.0. The third-order valence-electron chi connectivity index (χ3n) is 5.20. The number of pyridine rings is 1. The molecule has 7 nitrogen and oxygen atoms in total. The summed E-state index contributed by atoms with van der Waals surface area (Å²) in [7, 11) is -1.93. The van der Waals surface area contributed by atoms with E-state index in [1.807, 2.05) is 0 Å². The van der Waals surface area contributed by atoms with Crippen molar-refractivity contribution in [2.45, 2.75) is 30.0 Å². The van der Waals surface area contributed by atoms with Crippen molar-refractivity contribution in [2.24, 2.45) is 7.05 Å². The highest BCUT2D eigenvalue weighted by atomic mass is 32.2. The van der Waals surface area contributed by atoms with E-state index in [2.05, 4.69) is 15.4 Å². The first-order valence-corrected chi connectivity index (χ1v) is 10.8. The molecular weight excluding hydrogens is 419 g/mol. The van der Waals surface area contributed by atoms with Gasteiger partial charge in [0.1, 0.15) is 4.90 Å². The van der Waals surface area contributed by atoms with E-state index < -0.39 is 21.8 Å². The first kappa shape index (κ1) is 20.6. The SMILES string of the molecule is Cn1cc(S(=O)(=O)N2CCC(Nc3ccnc4cc(C(F)(F)F)ccc34)CC2)cn1. The van der Waals surface area contributed by atoms with Gasteiger partial charge in [0.25, 0.3) is 0 Å². The lowest BCUT2D eigenvalue weighted by Crippen LogP contribution is -2.42. The molecule has 4 rings (SSSR count). The molecule has 1 N–H and O–H groups in total. The number of sulfonamides is 1. The summed E-state index contributed by atoms with van der Waals surface area (Å²) in [5, 5.41) is 7.85. The minimum absolute atomic E-state index is 0.00163. The minimum atomic E-state index is -4.42. The summed E-state index contributed by atoms with van der Waals surface area (Å²) >= 11 is 0. The van der Waals surface area contributed by atoms with Crippen molar-refractivity contribution in [3.8, 4) is 0 Å². The lowest BCUT2D eigenvalue weighted by Gasteiger charge is -2.32. The van der Waals surface area contributed by atoms with Gasteiger partial charge in [-0.2, -0.15) is 22.6 Å². The summed E-state index contributed by atoms with van der Waals surface area (Å²) in [6.45, 7) is 0.687. The number of piperidine rings is 1. The van der Waals surface area contributed by atoms with Crippen LogP contribution in [0.1, 0.15) is 18.4 Å². The van der Waals surface area contributed by atoms with Gasteiger partial charge in [-0.3, -0.25) is 9.67 Å². The van der Waals surface area contributed by atoms with Crippen LogP contribution in [0.2, 0.25) is 0 Å². The fourth-order valence-corrected chi connectivity index (χ4v) is 5.05. The molecule has 1 saturated heterocycles. The van der Waals surface area contributed by atoms with Gasteiger partial charge in [-0.1, -0.05) is 6.07 Å². The van der Waals surface area contributed by atoms with Gasteiger partial charge in [0, 0.05) is 49.6 Å². The summed E-state index contributed by atoms with van der Waals surface area (Å²) in [6.07, 6.45) is 0.989. The van der Waals surface area contributed by atoms with Gasteiger partial charge < -0.3 is 5.32 Å². The number of alkyl halides is 3. The Balaban J connectivity index is 1.47. The standard InChI is InChI=1S/C19H20F3N5O2S/c1-26-12-15(11-24-26)30(28,29)27-8-5-14(6-9-27)25-17-4-7-23-18-10-13(19(20,21)22)2-3-16(17)18/h2-4,7,10-12,14H,5-6,8-9H2,1H3,(H,23,25). The first-order valence-electron chi connectivity index (χ1n) is 9.36. The predicted molar refractivity (Wildman–Crippen MR) is 105 cm³/mol. The Bertz CT molecular complexity index is 1170. The van der Waals surface area contributed by atoms with Crippen molar-refractivity contribution in [1.29, 1.82) is 0 Å². The van der Waals surface area contributed by atoms with Crippen molar-refractivity contribution in [3.63, 3.8) is 0 Å². The fourth-order valence-electron chi connectivity index (χ4n) is 3.59. The van der Waals surface area contributed by atoms with Crippen molar-refractivity contribution >= 4 is 26.6 Å². The second-order valence-electron chi connectivity index (χ2n) is 7.26. The number of benzene rings is 1. The van der Waals surface area contributed by atoms with E-state index in [1.165, 1.54) is 33.6 Å². The molecule has 2 aromatic heterocycles. The van der Waals surface area contributed by atoms with Crippen LogP contribution in [0.15, 0.2) is 47.8 Å². The van der Waals surface area contributed by atoms with E-state index in [4.69, 9.17) is 0 Å². The number of nitrogens with zero attached hydrogens (tertiary/aromatic N) is 4. The molecule has 0 atom stereocenters. The van der Waals surface area contributed by atoms with Crippen LogP contribution < -0.4 is 5.32 Å². The number of hydrogen-bond donors (Lipinski definition) is 1. The van der Waals surface area contributed by atoms with E-state index in [0.29, 0.717) is 37.0 Å². The predicted octanol–water partition coefficient (Wildman–Crippen LogP) is 3.25. The van der Waals surface area contributed by atoms with Crippen LogP contribution in [0, 0.1) is 0 Å². The molecule has 11 heteroatoms. The van der Waals surface area contributed by atoms with E-state index in [0.717, 1.165) is 12.1 Å². The molecular formula is C19H20F3N5O2S. The Morgan fingerprint density at radius 2 is 1.90 bits per heavy atom. The second kappa shape index (κ2) is 7.55. The number of hydrogen-bond acceptors (Lipinski definition) is 5. The quantitative estimate of drug-likeness (QED) is 0.675. The average molecular weight is 439 g/mol. The maximum Gasteiger partial charge on any atom is 0.416 e. The third kappa shape index (κ3) is 3.99. The first-order chi connectivity index (χ1) is 14.1. The minimum Gasteiger partial charge on any atom is -0.382 e. The Kier molecular flexibility index (Phi) is 5.18. The summed E-state index contributed by atoms with van der Waals surface area (Å²) in [5.74, 6) is 0. The molecule has 1 aliphatic heterocycles. The molecule has 3 heterocycles. The van der Waals surface area contributed by atoms with Crippen LogP contribution in [-0.4, -0.2) is 46.6 Å². The zero-order valence-corrected chi connectivity index (χ0v) is 16.9. The molecule has 1 aromatic carbocycles. The van der Waals surface area contributed by atoms with Crippen molar-refractivity contribution in [1.82, 2.24) is 19.1 Å². The zero-order chi connectivity index (χ0) is 21.5. The zero-order valence-electron chi connectivity index (χ0n) is 16.1. The van der Waals surface area contributed by atoms with E-state index >= 15 is 0 Å². The number of rotatable bonds is 4. The molecule has 0 bridgehead atoms. The molecule has 1 fully saturated rings. The number of fused-ring (bicyclic) bond motifs is 1. The van der Waals surface area contributed by atoms with Crippen LogP contribution in [0.25, 0.3) is 10.9 Å². The maximum atomic E-state index is 12.9. The smallest absolute Gasteiger partial charge is 0.382 e. The van der Waals surface area contributed by atoms with Crippen LogP contribution in [0.5, 0.6) is 0 Å². The lowest BCUT2D eigenvalue weighted by molar-refractivity contribution is -0.137. The van der Waals surface area contributed by atoms with Gasteiger partial charge in [0.15, 0.2) is 0 Å². The maximum absolute atomic E-state index is 12.9. The van der Waals surface area contributed by atoms with Gasteiger partial charge in [0.05, 0.1) is 17.3 Å². The number of halogens is 3. The fraction of sp³-hybridized carbons (Fsp3) is 0.368. The molecule has 0 saturated carbocycles. The van der Waals surface area contributed by atoms with Crippen LogP contribution in [-0.2, 0) is 23.2 Å². The highest BCUT2D eigenvalue weighted by Crippen LogP contribution is 2.33. The molecule has 30 heavy (non-hydrogen) atoms. The third-order valence-corrected chi connectivity index (χ3v) is 7.05. The molecule has 0 amide bonds. The Hall–Kier alpha value is -2.66. The summed E-state index contributed by atoms with van der Waals surface area (Å²) in [5.41, 5.74) is 0.197. The summed E-state index contributed by atoms with van der Waals surface area (Å²) < 4.78 is 67.1. The monoisotopic (exact) mass is 439 g/mol. The van der Waals surface area contributed by atoms with Gasteiger partial charge in [-0.05, 0) is 31.0 Å². The number of aryl methyl sites for hydroxylation is 1. The van der Waals surface area contributed by atoms with E-state index in [1.54, 1.807) is 13.1 Å². The van der Waals surface area contributed by atoms with Crippen molar-refractivity contribution in [2.75, 3.05) is 18.4 Å². The molecule has 3 aromatic rings. The number of anilines is 1. The highest BCUT2D eigenvalue weighted by molar-refractivity contribution is 7.89. The Morgan fingerprint density at radius 3 is 2.53 bits per heavy atom. The van der Waals surface area contributed by atoms with Crippen LogP contribution in [0.3, 0.4) is 0 Å². The van der Waals surface area contributed by atoms with Crippen LogP contribution >= 0.6 is 0 Å². The molecule has 0 unspecified atom stereocenters. The number of nitrogens with one attached hydrogen (secondary N) is 1. The Labute approximate surface area is 171 Å². The number of aromatic nitrogens is 3. The Morgan fingerprint density at radius 1 is 1.17 bits per heavy atom. The average Bonchev–Trinajstić information content (AvgIpc) is 3.15. The molecule has 160 valence electrons. The second-order valence-corrected chi connectivity index (χ2v) is 9.20. The van der Waals surface area contributed by atoms with E-state index in [9.17, 15) is 21.6 Å². The van der Waals surface area contributed by atoms with Gasteiger partial charge >= 0.3 is 6.18 Å². The van der Waals surface area contributed by atoms with Crippen molar-refractivity contribution in [3.05, 3.63) is 48.4 Å². The van der Waals surface area contributed by atoms with Crippen molar-refractivity contribution < 1.29 is 21.6 Å². The summed E-state index contributed by atoms with van der Waals surface area (Å²) in [4.78, 5) is 4.22. The summed E-state index contributed by atoms with van der Waals surface area (Å²) in [6, 6.07) is 5.20. The van der Waals surface area contributed by atoms with Gasteiger partial charge in [-0.15, -0.1) is 0 Å². The molecule has 0 spiro atoms.